The van der Waals surface area contributed by atoms with Crippen LogP contribution in [0.25, 0.3) is 0 Å². The van der Waals surface area contributed by atoms with Crippen molar-refractivity contribution in [2.45, 2.75) is 18.9 Å². The first-order chi connectivity index (χ1) is 9.43. The molecule has 4 N–H and O–H groups in total. The second-order valence-electron chi connectivity index (χ2n) is 4.66. The Morgan fingerprint density at radius 2 is 1.95 bits per heavy atom. The fourth-order valence-corrected chi connectivity index (χ4v) is 1.76. The largest absolute Gasteiger partial charge is 0.508 e. The lowest BCUT2D eigenvalue weighted by atomic mass is 10.1. The number of amides is 2. The van der Waals surface area contributed by atoms with E-state index in [-0.39, 0.29) is 24.0 Å². The monoisotopic (exact) mass is 279 g/mol. The molecule has 1 rings (SSSR count). The molecule has 0 fully saturated rings. The van der Waals surface area contributed by atoms with E-state index >= 15 is 0 Å². The molecule has 0 aliphatic rings. The van der Waals surface area contributed by atoms with Gasteiger partial charge in [0, 0.05) is 27.1 Å². The van der Waals surface area contributed by atoms with Gasteiger partial charge in [0.1, 0.15) is 5.75 Å². The van der Waals surface area contributed by atoms with Gasteiger partial charge in [0.2, 0.25) is 11.8 Å². The number of phenols is 1. The van der Waals surface area contributed by atoms with Crippen molar-refractivity contribution >= 4 is 11.8 Å². The number of benzene rings is 1. The van der Waals surface area contributed by atoms with E-state index in [9.17, 15) is 14.7 Å². The number of nitrogens with one attached hydrogen (secondary N) is 1. The molecule has 0 radical (unpaired) electrons. The van der Waals surface area contributed by atoms with Crippen LogP contribution in [0.4, 0.5) is 0 Å². The van der Waals surface area contributed by atoms with Crippen molar-refractivity contribution < 1.29 is 14.7 Å². The van der Waals surface area contributed by atoms with Crippen LogP contribution in [0, 0.1) is 0 Å². The zero-order chi connectivity index (χ0) is 15.1. The molecule has 0 bridgehead atoms. The molecule has 6 heteroatoms. The zero-order valence-electron chi connectivity index (χ0n) is 11.8. The predicted molar refractivity (Wildman–Crippen MR) is 76.1 cm³/mol. The van der Waals surface area contributed by atoms with E-state index in [0.29, 0.717) is 13.0 Å². The summed E-state index contributed by atoms with van der Waals surface area (Å²) in [5, 5.41) is 11.7. The average Bonchev–Trinajstić information content (AvgIpc) is 2.45. The second kappa shape index (κ2) is 7.49. The lowest BCUT2D eigenvalue weighted by Gasteiger charge is -2.21. The zero-order valence-corrected chi connectivity index (χ0v) is 11.8. The lowest BCUT2D eigenvalue weighted by Crippen LogP contribution is -2.44. The summed E-state index contributed by atoms with van der Waals surface area (Å²) in [6, 6.07) is 5.91. The number of rotatable bonds is 6. The van der Waals surface area contributed by atoms with Gasteiger partial charge in [-0.1, -0.05) is 12.1 Å². The predicted octanol–water partition coefficient (Wildman–Crippen LogP) is -0.143. The van der Waals surface area contributed by atoms with Crippen LogP contribution in [0.3, 0.4) is 0 Å². The summed E-state index contributed by atoms with van der Waals surface area (Å²) in [7, 11) is 3.18. The molecule has 1 atom stereocenters. The van der Waals surface area contributed by atoms with E-state index in [4.69, 9.17) is 5.73 Å². The Kier molecular flexibility index (Phi) is 5.99. The highest BCUT2D eigenvalue weighted by Gasteiger charge is 2.18. The maximum Gasteiger partial charge on any atom is 0.239 e. The molecule has 1 aromatic rings. The molecule has 0 aliphatic heterocycles. The third kappa shape index (κ3) is 4.89. The molecule has 0 spiro atoms. The molecular weight excluding hydrogens is 258 g/mol. The number of carbonyl (C=O) groups excluding carboxylic acids is 2. The van der Waals surface area contributed by atoms with Gasteiger partial charge in [0.25, 0.3) is 0 Å². The van der Waals surface area contributed by atoms with Gasteiger partial charge in [0.15, 0.2) is 0 Å². The van der Waals surface area contributed by atoms with Crippen LogP contribution in [-0.2, 0) is 16.0 Å². The third-order valence-corrected chi connectivity index (χ3v) is 3.04. The third-order valence-electron chi connectivity index (χ3n) is 3.04. The molecule has 110 valence electrons. The Bertz CT molecular complexity index is 459. The van der Waals surface area contributed by atoms with E-state index in [2.05, 4.69) is 5.32 Å². The average molecular weight is 279 g/mol. The molecule has 20 heavy (non-hydrogen) atoms. The van der Waals surface area contributed by atoms with Crippen LogP contribution in [0.2, 0.25) is 0 Å². The highest BCUT2D eigenvalue weighted by Crippen LogP contribution is 2.11. The van der Waals surface area contributed by atoms with Gasteiger partial charge in [-0.15, -0.1) is 0 Å². The van der Waals surface area contributed by atoms with Gasteiger partial charge in [-0.3, -0.25) is 9.59 Å². The van der Waals surface area contributed by atoms with Crippen LogP contribution in [0.5, 0.6) is 5.75 Å². The van der Waals surface area contributed by atoms with E-state index < -0.39 is 6.04 Å². The quantitative estimate of drug-likeness (QED) is 0.675. The van der Waals surface area contributed by atoms with Crippen LogP contribution < -0.4 is 11.1 Å². The summed E-state index contributed by atoms with van der Waals surface area (Å²) in [6.45, 7) is 0.335. The van der Waals surface area contributed by atoms with Crippen molar-refractivity contribution in [3.05, 3.63) is 29.8 Å². The van der Waals surface area contributed by atoms with Crippen molar-refractivity contribution in [2.24, 2.45) is 5.73 Å². The summed E-state index contributed by atoms with van der Waals surface area (Å²) in [4.78, 5) is 24.6. The SMILES string of the molecule is CNC(=O)CCN(C)C(=O)[C@H](N)Cc1ccc(O)cc1. The first-order valence-corrected chi connectivity index (χ1v) is 6.43. The molecule has 6 nitrogen and oxygen atoms in total. The van der Waals surface area contributed by atoms with Crippen LogP contribution in [0.15, 0.2) is 24.3 Å². The van der Waals surface area contributed by atoms with Crippen LogP contribution >= 0.6 is 0 Å². The summed E-state index contributed by atoms with van der Waals surface area (Å²) in [5.74, 6) is -0.143. The molecule has 0 saturated heterocycles. The van der Waals surface area contributed by atoms with Crippen LogP contribution in [-0.4, -0.2) is 48.5 Å². The molecule has 1 aromatic carbocycles. The van der Waals surface area contributed by atoms with Gasteiger partial charge in [0.05, 0.1) is 6.04 Å². The summed E-state index contributed by atoms with van der Waals surface area (Å²) in [5.41, 5.74) is 6.75. The summed E-state index contributed by atoms with van der Waals surface area (Å²) >= 11 is 0. The van der Waals surface area contributed by atoms with Crippen LogP contribution in [0.1, 0.15) is 12.0 Å². The molecule has 0 saturated carbocycles. The van der Waals surface area contributed by atoms with Crippen molar-refractivity contribution in [3.63, 3.8) is 0 Å². The molecule has 2 amide bonds. The highest BCUT2D eigenvalue weighted by molar-refractivity contribution is 5.82. The summed E-state index contributed by atoms with van der Waals surface area (Å²) < 4.78 is 0. The second-order valence-corrected chi connectivity index (χ2v) is 4.66. The molecule has 0 aromatic heterocycles. The molecule has 0 aliphatic carbocycles. The van der Waals surface area contributed by atoms with Gasteiger partial charge < -0.3 is 21.1 Å². The van der Waals surface area contributed by atoms with E-state index in [1.165, 1.54) is 4.90 Å². The van der Waals surface area contributed by atoms with E-state index in [1.54, 1.807) is 38.4 Å². The first kappa shape index (κ1) is 16.0. The van der Waals surface area contributed by atoms with E-state index in [0.717, 1.165) is 5.56 Å². The number of carbonyl (C=O) groups is 2. The smallest absolute Gasteiger partial charge is 0.239 e. The highest BCUT2D eigenvalue weighted by atomic mass is 16.3. The van der Waals surface area contributed by atoms with Gasteiger partial charge in [-0.2, -0.15) is 0 Å². The number of likely N-dealkylation sites (N-methyl/N-ethyl adjacent to an activating group) is 1. The van der Waals surface area contributed by atoms with Gasteiger partial charge >= 0.3 is 0 Å². The number of hydrogen-bond acceptors (Lipinski definition) is 4. The first-order valence-electron chi connectivity index (χ1n) is 6.43. The fraction of sp³-hybridized carbons (Fsp3) is 0.429. The fourth-order valence-electron chi connectivity index (χ4n) is 1.76. The Balaban J connectivity index is 2.49. The number of aromatic hydroxyl groups is 1. The van der Waals surface area contributed by atoms with Crippen molar-refractivity contribution in [3.8, 4) is 5.75 Å². The van der Waals surface area contributed by atoms with Gasteiger partial charge in [-0.25, -0.2) is 0 Å². The molecule has 0 unspecified atom stereocenters. The maximum atomic E-state index is 12.0. The Labute approximate surface area is 118 Å². The molecule has 0 heterocycles. The van der Waals surface area contributed by atoms with Crippen molar-refractivity contribution in [2.75, 3.05) is 20.6 Å². The standard InChI is InChI=1S/C14H21N3O3/c1-16-13(19)7-8-17(2)14(20)12(15)9-10-3-5-11(18)6-4-10/h3-6,12,18H,7-9,15H2,1-2H3,(H,16,19)/t12-/m1/s1. The summed E-state index contributed by atoms with van der Waals surface area (Å²) in [6.07, 6.45) is 0.647. The minimum absolute atomic E-state index is 0.114. The lowest BCUT2D eigenvalue weighted by molar-refractivity contribution is -0.131. The Hall–Kier alpha value is -2.08. The van der Waals surface area contributed by atoms with E-state index in [1.807, 2.05) is 0 Å². The minimum Gasteiger partial charge on any atom is -0.508 e. The minimum atomic E-state index is -0.658. The maximum absolute atomic E-state index is 12.0. The Morgan fingerprint density at radius 1 is 1.35 bits per heavy atom. The van der Waals surface area contributed by atoms with Gasteiger partial charge in [-0.05, 0) is 24.1 Å². The number of phenolic OH excluding ortho intramolecular Hbond substituents is 1. The number of nitrogens with zero attached hydrogens (tertiary/aromatic N) is 1. The number of nitrogens with two attached hydrogens (primary N) is 1. The van der Waals surface area contributed by atoms with Crippen molar-refractivity contribution in [1.82, 2.24) is 10.2 Å². The normalized spacial score (nSPS) is 11.8. The molecular formula is C14H21N3O3. The van der Waals surface area contributed by atoms with Crippen molar-refractivity contribution in [1.29, 1.82) is 0 Å². The Morgan fingerprint density at radius 3 is 2.50 bits per heavy atom. The topological polar surface area (TPSA) is 95.7 Å². The number of hydrogen-bond donors (Lipinski definition) is 3.